The lowest BCUT2D eigenvalue weighted by molar-refractivity contribution is -0.113. The maximum Gasteiger partial charge on any atom is 0.234 e. The zero-order valence-corrected chi connectivity index (χ0v) is 15.8. The Kier molecular flexibility index (Phi) is 5.80. The predicted molar refractivity (Wildman–Crippen MR) is 104 cm³/mol. The predicted octanol–water partition coefficient (Wildman–Crippen LogP) is 3.87. The van der Waals surface area contributed by atoms with Crippen molar-refractivity contribution in [2.45, 2.75) is 5.16 Å². The summed E-state index contributed by atoms with van der Waals surface area (Å²) >= 11 is 7.15. The largest absolute Gasteiger partial charge is 0.496 e. The smallest absolute Gasteiger partial charge is 0.234 e. The van der Waals surface area contributed by atoms with Crippen molar-refractivity contribution in [2.75, 3.05) is 18.2 Å². The SMILES string of the molecule is COc1ccccc1-c1nnc(SCC(=O)Nc2ccc(Cl)cc2)n1C. The third-order valence-corrected chi connectivity index (χ3v) is 4.92. The van der Waals surface area contributed by atoms with E-state index in [4.69, 9.17) is 16.3 Å². The minimum Gasteiger partial charge on any atom is -0.496 e. The molecule has 1 amide bonds. The van der Waals surface area contributed by atoms with Crippen molar-refractivity contribution < 1.29 is 9.53 Å². The average molecular weight is 389 g/mol. The number of benzene rings is 2. The van der Waals surface area contributed by atoms with Gasteiger partial charge in [-0.15, -0.1) is 10.2 Å². The number of thioether (sulfide) groups is 1. The zero-order valence-electron chi connectivity index (χ0n) is 14.3. The Morgan fingerprint density at radius 1 is 1.19 bits per heavy atom. The second kappa shape index (κ2) is 8.25. The van der Waals surface area contributed by atoms with Crippen molar-refractivity contribution in [3.8, 4) is 17.1 Å². The lowest BCUT2D eigenvalue weighted by Gasteiger charge is -2.08. The molecule has 1 aromatic heterocycles. The van der Waals surface area contributed by atoms with E-state index in [9.17, 15) is 4.79 Å². The molecule has 0 atom stereocenters. The molecule has 134 valence electrons. The van der Waals surface area contributed by atoms with E-state index in [-0.39, 0.29) is 11.7 Å². The highest BCUT2D eigenvalue weighted by Gasteiger charge is 2.15. The molecule has 3 rings (SSSR count). The summed E-state index contributed by atoms with van der Waals surface area (Å²) in [6.45, 7) is 0. The maximum atomic E-state index is 12.1. The highest BCUT2D eigenvalue weighted by atomic mass is 35.5. The number of methoxy groups -OCH3 is 1. The Bertz CT molecular complexity index is 912. The Morgan fingerprint density at radius 3 is 2.65 bits per heavy atom. The van der Waals surface area contributed by atoms with E-state index in [1.165, 1.54) is 11.8 Å². The van der Waals surface area contributed by atoms with Crippen molar-refractivity contribution in [3.05, 3.63) is 53.6 Å². The van der Waals surface area contributed by atoms with Gasteiger partial charge in [0.05, 0.1) is 18.4 Å². The summed E-state index contributed by atoms with van der Waals surface area (Å²) in [5.41, 5.74) is 1.55. The molecular weight excluding hydrogens is 372 g/mol. The molecule has 8 heteroatoms. The van der Waals surface area contributed by atoms with Gasteiger partial charge in [-0.05, 0) is 36.4 Å². The molecule has 0 aliphatic carbocycles. The molecular formula is C18H17ClN4O2S. The summed E-state index contributed by atoms with van der Waals surface area (Å²) < 4.78 is 7.22. The Labute approximate surface area is 160 Å². The van der Waals surface area contributed by atoms with Crippen LogP contribution < -0.4 is 10.1 Å². The molecule has 6 nitrogen and oxygen atoms in total. The van der Waals surface area contributed by atoms with Crippen LogP contribution in [0.5, 0.6) is 5.75 Å². The molecule has 0 aliphatic heterocycles. The van der Waals surface area contributed by atoms with Gasteiger partial charge in [-0.3, -0.25) is 4.79 Å². The summed E-state index contributed by atoms with van der Waals surface area (Å²) in [7, 11) is 3.48. The van der Waals surface area contributed by atoms with Crippen LogP contribution in [0.25, 0.3) is 11.4 Å². The van der Waals surface area contributed by atoms with Crippen LogP contribution in [0, 0.1) is 0 Å². The molecule has 0 unspecified atom stereocenters. The number of amides is 1. The molecule has 0 bridgehead atoms. The molecule has 2 aromatic carbocycles. The molecule has 1 heterocycles. The summed E-state index contributed by atoms with van der Waals surface area (Å²) in [6, 6.07) is 14.6. The molecule has 0 spiro atoms. The van der Waals surface area contributed by atoms with Crippen molar-refractivity contribution in [3.63, 3.8) is 0 Å². The van der Waals surface area contributed by atoms with Gasteiger partial charge < -0.3 is 14.6 Å². The average Bonchev–Trinajstić information content (AvgIpc) is 3.02. The van der Waals surface area contributed by atoms with Crippen molar-refractivity contribution in [1.82, 2.24) is 14.8 Å². The van der Waals surface area contributed by atoms with Crippen LogP contribution in [0.4, 0.5) is 5.69 Å². The first-order chi connectivity index (χ1) is 12.6. The summed E-state index contributed by atoms with van der Waals surface area (Å²) in [4.78, 5) is 12.1. The summed E-state index contributed by atoms with van der Waals surface area (Å²) in [5.74, 6) is 1.50. The third kappa shape index (κ3) is 4.17. The van der Waals surface area contributed by atoms with E-state index in [1.54, 1.807) is 31.4 Å². The van der Waals surface area contributed by atoms with Gasteiger partial charge in [0, 0.05) is 17.8 Å². The van der Waals surface area contributed by atoms with Gasteiger partial charge >= 0.3 is 0 Å². The summed E-state index contributed by atoms with van der Waals surface area (Å²) in [5, 5.41) is 12.5. The van der Waals surface area contributed by atoms with Crippen molar-refractivity contribution >= 4 is 35.0 Å². The highest BCUT2D eigenvalue weighted by Crippen LogP contribution is 2.30. The number of carbonyl (C=O) groups is 1. The first kappa shape index (κ1) is 18.3. The number of rotatable bonds is 6. The van der Waals surface area contributed by atoms with Gasteiger partial charge in [-0.1, -0.05) is 35.5 Å². The van der Waals surface area contributed by atoms with Gasteiger partial charge in [0.15, 0.2) is 11.0 Å². The first-order valence-corrected chi connectivity index (χ1v) is 9.16. The normalized spacial score (nSPS) is 10.6. The van der Waals surface area contributed by atoms with Gasteiger partial charge in [0.1, 0.15) is 5.75 Å². The van der Waals surface area contributed by atoms with Gasteiger partial charge in [-0.2, -0.15) is 0 Å². The van der Waals surface area contributed by atoms with Crippen LogP contribution in [0.2, 0.25) is 5.02 Å². The number of para-hydroxylation sites is 1. The fourth-order valence-corrected chi connectivity index (χ4v) is 3.20. The second-order valence-corrected chi connectivity index (χ2v) is 6.79. The fourth-order valence-electron chi connectivity index (χ4n) is 2.36. The standard InChI is InChI=1S/C18H17ClN4O2S/c1-23-17(14-5-3-4-6-15(14)25-2)21-22-18(23)26-11-16(24)20-13-9-7-12(19)8-10-13/h3-10H,11H2,1-2H3,(H,20,24). The van der Waals surface area contributed by atoms with E-state index < -0.39 is 0 Å². The quantitative estimate of drug-likeness (QED) is 0.649. The van der Waals surface area contributed by atoms with Crippen LogP contribution in [-0.2, 0) is 11.8 Å². The number of ether oxygens (including phenoxy) is 1. The van der Waals surface area contributed by atoms with E-state index in [2.05, 4.69) is 15.5 Å². The lowest BCUT2D eigenvalue weighted by atomic mass is 10.2. The van der Waals surface area contributed by atoms with Crippen LogP contribution in [0.1, 0.15) is 0 Å². The molecule has 0 radical (unpaired) electrons. The number of halogens is 1. The number of anilines is 1. The molecule has 26 heavy (non-hydrogen) atoms. The third-order valence-electron chi connectivity index (χ3n) is 3.64. The first-order valence-electron chi connectivity index (χ1n) is 7.79. The molecule has 0 aliphatic rings. The number of hydrogen-bond donors (Lipinski definition) is 1. The van der Waals surface area contributed by atoms with Crippen molar-refractivity contribution in [1.29, 1.82) is 0 Å². The lowest BCUT2D eigenvalue weighted by Crippen LogP contribution is -2.14. The monoisotopic (exact) mass is 388 g/mol. The summed E-state index contributed by atoms with van der Waals surface area (Å²) in [6.07, 6.45) is 0. The highest BCUT2D eigenvalue weighted by molar-refractivity contribution is 7.99. The topological polar surface area (TPSA) is 69.0 Å². The van der Waals surface area contributed by atoms with Crippen LogP contribution in [-0.4, -0.2) is 33.5 Å². The number of aromatic nitrogens is 3. The van der Waals surface area contributed by atoms with Gasteiger partial charge in [0.2, 0.25) is 5.91 Å². The van der Waals surface area contributed by atoms with Gasteiger partial charge in [0.25, 0.3) is 0 Å². The fraction of sp³-hybridized carbons (Fsp3) is 0.167. The van der Waals surface area contributed by atoms with Crippen LogP contribution in [0.15, 0.2) is 53.7 Å². The number of nitrogens with one attached hydrogen (secondary N) is 1. The number of carbonyl (C=O) groups excluding carboxylic acids is 1. The van der Waals surface area contributed by atoms with E-state index >= 15 is 0 Å². The number of nitrogens with zero attached hydrogens (tertiary/aromatic N) is 3. The maximum absolute atomic E-state index is 12.1. The zero-order chi connectivity index (χ0) is 18.5. The van der Waals surface area contributed by atoms with E-state index in [1.807, 2.05) is 35.9 Å². The molecule has 0 saturated heterocycles. The Balaban J connectivity index is 1.67. The molecule has 0 saturated carbocycles. The van der Waals surface area contributed by atoms with E-state index in [0.29, 0.717) is 21.7 Å². The van der Waals surface area contributed by atoms with Crippen molar-refractivity contribution in [2.24, 2.45) is 7.05 Å². The van der Waals surface area contributed by atoms with E-state index in [0.717, 1.165) is 11.3 Å². The Morgan fingerprint density at radius 2 is 1.92 bits per heavy atom. The second-order valence-electron chi connectivity index (χ2n) is 5.41. The van der Waals surface area contributed by atoms with Crippen LogP contribution in [0.3, 0.4) is 0 Å². The minimum absolute atomic E-state index is 0.126. The minimum atomic E-state index is -0.126. The molecule has 0 fully saturated rings. The molecule has 3 aromatic rings. The van der Waals surface area contributed by atoms with Gasteiger partial charge in [-0.25, -0.2) is 0 Å². The number of hydrogen-bond acceptors (Lipinski definition) is 5. The molecule has 1 N–H and O–H groups in total. The Hall–Kier alpha value is -2.51. The van der Waals surface area contributed by atoms with Crippen LogP contribution >= 0.6 is 23.4 Å².